The Morgan fingerprint density at radius 3 is 2.80 bits per heavy atom. The molecule has 0 saturated heterocycles. The average Bonchev–Trinajstić information content (AvgIpc) is 3.17. The van der Waals surface area contributed by atoms with E-state index in [1.165, 1.54) is 33.7 Å². The summed E-state index contributed by atoms with van der Waals surface area (Å²) in [7, 11) is 0. The Morgan fingerprint density at radius 1 is 1.29 bits per heavy atom. The molecule has 1 N–H and O–H groups in total. The van der Waals surface area contributed by atoms with Gasteiger partial charge in [-0.1, -0.05) is 49.0 Å². The van der Waals surface area contributed by atoms with E-state index in [2.05, 4.69) is 17.2 Å². The molecule has 4 rings (SSSR count). The molecule has 35 heavy (non-hydrogen) atoms. The van der Waals surface area contributed by atoms with Crippen LogP contribution < -0.4 is 10.9 Å². The van der Waals surface area contributed by atoms with Gasteiger partial charge < -0.3 is 10.1 Å². The van der Waals surface area contributed by atoms with Crippen molar-refractivity contribution in [2.24, 2.45) is 5.92 Å². The highest BCUT2D eigenvalue weighted by molar-refractivity contribution is 7.98. The number of carbonyl (C=O) groups is 2. The Labute approximate surface area is 212 Å². The molecule has 0 saturated carbocycles. The zero-order valence-electron chi connectivity index (χ0n) is 20.1. The first-order chi connectivity index (χ1) is 16.9. The van der Waals surface area contributed by atoms with Crippen LogP contribution in [0.25, 0.3) is 0 Å². The first kappa shape index (κ1) is 25.2. The van der Waals surface area contributed by atoms with Crippen LogP contribution in [0.3, 0.4) is 0 Å². The molecule has 9 heteroatoms. The summed E-state index contributed by atoms with van der Waals surface area (Å²) < 4.78 is 6.68. The SMILES string of the molecule is CCOC(=O)c1c(NC(=O)Cn2c(SCc3ccccc3)nc(C)cc2=O)sc2c1CCC(C)C2. The van der Waals surface area contributed by atoms with E-state index in [1.807, 2.05) is 30.3 Å². The van der Waals surface area contributed by atoms with Crippen LogP contribution in [-0.4, -0.2) is 28.0 Å². The van der Waals surface area contributed by atoms with Crippen LogP contribution in [0.15, 0.2) is 46.3 Å². The van der Waals surface area contributed by atoms with Crippen molar-refractivity contribution in [3.05, 3.63) is 74.0 Å². The highest BCUT2D eigenvalue weighted by Gasteiger charge is 2.29. The summed E-state index contributed by atoms with van der Waals surface area (Å²) in [6.45, 7) is 5.80. The lowest BCUT2D eigenvalue weighted by atomic mass is 9.88. The van der Waals surface area contributed by atoms with Crippen LogP contribution in [0.2, 0.25) is 0 Å². The number of ether oxygens (including phenoxy) is 1. The Hall–Kier alpha value is -2.91. The van der Waals surface area contributed by atoms with Gasteiger partial charge in [0.1, 0.15) is 11.5 Å². The zero-order valence-corrected chi connectivity index (χ0v) is 21.8. The quantitative estimate of drug-likeness (QED) is 0.264. The molecule has 7 nitrogen and oxygen atoms in total. The first-order valence-corrected chi connectivity index (χ1v) is 13.5. The monoisotopic (exact) mass is 511 g/mol. The summed E-state index contributed by atoms with van der Waals surface area (Å²) in [6, 6.07) is 11.3. The van der Waals surface area contributed by atoms with Crippen LogP contribution in [0, 0.1) is 12.8 Å². The molecular weight excluding hydrogens is 482 g/mol. The number of aromatic nitrogens is 2. The van der Waals surface area contributed by atoms with Crippen molar-refractivity contribution in [1.29, 1.82) is 0 Å². The Bertz CT molecular complexity index is 1280. The highest BCUT2D eigenvalue weighted by Crippen LogP contribution is 2.40. The zero-order chi connectivity index (χ0) is 24.9. The molecule has 0 spiro atoms. The van der Waals surface area contributed by atoms with E-state index in [9.17, 15) is 14.4 Å². The molecule has 1 aliphatic carbocycles. The van der Waals surface area contributed by atoms with Gasteiger partial charge in [-0.25, -0.2) is 9.78 Å². The fourth-order valence-corrected chi connectivity index (χ4v) is 6.56. The lowest BCUT2D eigenvalue weighted by Crippen LogP contribution is -2.29. The van der Waals surface area contributed by atoms with Gasteiger partial charge in [0.15, 0.2) is 5.16 Å². The number of fused-ring (bicyclic) bond motifs is 1. The van der Waals surface area contributed by atoms with Gasteiger partial charge in [0.25, 0.3) is 5.56 Å². The number of hydrogen-bond acceptors (Lipinski definition) is 7. The third kappa shape index (κ3) is 6.02. The van der Waals surface area contributed by atoms with E-state index in [0.717, 1.165) is 35.3 Å². The number of benzene rings is 1. The van der Waals surface area contributed by atoms with Crippen molar-refractivity contribution < 1.29 is 14.3 Å². The number of esters is 1. The molecule has 1 amide bonds. The van der Waals surface area contributed by atoms with Crippen molar-refractivity contribution in [3.63, 3.8) is 0 Å². The molecule has 3 aromatic rings. The van der Waals surface area contributed by atoms with E-state index in [1.54, 1.807) is 13.8 Å². The maximum atomic E-state index is 13.1. The number of carbonyl (C=O) groups excluding carboxylic acids is 2. The molecule has 1 aromatic carbocycles. The Kier molecular flexibility index (Phi) is 8.07. The second-order valence-corrected chi connectivity index (χ2v) is 10.8. The molecule has 0 fully saturated rings. The number of nitrogens with zero attached hydrogens (tertiary/aromatic N) is 2. The number of thioether (sulfide) groups is 1. The minimum Gasteiger partial charge on any atom is -0.462 e. The van der Waals surface area contributed by atoms with Crippen LogP contribution >= 0.6 is 23.1 Å². The van der Waals surface area contributed by atoms with Crippen LogP contribution in [0.1, 0.15) is 52.3 Å². The molecule has 0 bridgehead atoms. The fraction of sp³-hybridized carbons (Fsp3) is 0.385. The fourth-order valence-electron chi connectivity index (χ4n) is 4.14. The predicted molar refractivity (Wildman–Crippen MR) is 139 cm³/mol. The number of anilines is 1. The molecule has 2 aromatic heterocycles. The van der Waals surface area contributed by atoms with Gasteiger partial charge >= 0.3 is 5.97 Å². The molecule has 1 unspecified atom stereocenters. The van der Waals surface area contributed by atoms with E-state index in [0.29, 0.717) is 33.1 Å². The highest BCUT2D eigenvalue weighted by atomic mass is 32.2. The summed E-state index contributed by atoms with van der Waals surface area (Å²) in [5.74, 6) is 0.363. The summed E-state index contributed by atoms with van der Waals surface area (Å²) in [4.78, 5) is 44.3. The molecule has 0 aliphatic heterocycles. The summed E-state index contributed by atoms with van der Waals surface area (Å²) in [5.41, 5.74) is 2.86. The van der Waals surface area contributed by atoms with Gasteiger partial charge in [0.2, 0.25) is 5.91 Å². The minimum atomic E-state index is -0.414. The van der Waals surface area contributed by atoms with Gasteiger partial charge in [-0.05, 0) is 50.2 Å². The van der Waals surface area contributed by atoms with Crippen molar-refractivity contribution in [1.82, 2.24) is 9.55 Å². The van der Waals surface area contributed by atoms with Crippen molar-refractivity contribution in [2.45, 2.75) is 57.5 Å². The number of hydrogen-bond donors (Lipinski definition) is 1. The van der Waals surface area contributed by atoms with Crippen molar-refractivity contribution in [3.8, 4) is 0 Å². The summed E-state index contributed by atoms with van der Waals surface area (Å²) >= 11 is 2.85. The lowest BCUT2D eigenvalue weighted by molar-refractivity contribution is -0.116. The number of aryl methyl sites for hydroxylation is 1. The van der Waals surface area contributed by atoms with Crippen molar-refractivity contribution >= 4 is 40.0 Å². The smallest absolute Gasteiger partial charge is 0.341 e. The van der Waals surface area contributed by atoms with Gasteiger partial charge in [-0.3, -0.25) is 14.2 Å². The van der Waals surface area contributed by atoms with Gasteiger partial charge in [0.05, 0.1) is 12.2 Å². The molecule has 2 heterocycles. The molecule has 1 aliphatic rings. The third-order valence-electron chi connectivity index (χ3n) is 5.86. The number of rotatable bonds is 8. The van der Waals surface area contributed by atoms with Gasteiger partial charge in [0, 0.05) is 22.4 Å². The molecule has 184 valence electrons. The van der Waals surface area contributed by atoms with E-state index in [-0.39, 0.29) is 24.6 Å². The van der Waals surface area contributed by atoms with Crippen LogP contribution in [0.5, 0.6) is 0 Å². The topological polar surface area (TPSA) is 90.3 Å². The number of thiophene rings is 1. The maximum Gasteiger partial charge on any atom is 0.341 e. The van der Waals surface area contributed by atoms with Crippen LogP contribution in [0.4, 0.5) is 5.00 Å². The second-order valence-electron chi connectivity index (χ2n) is 8.70. The third-order valence-corrected chi connectivity index (χ3v) is 8.08. The minimum absolute atomic E-state index is 0.190. The number of nitrogens with one attached hydrogen (secondary N) is 1. The molecule has 1 atom stereocenters. The normalized spacial score (nSPS) is 14.9. The number of amides is 1. The Balaban J connectivity index is 1.57. The molecular formula is C26H29N3O4S2. The second kappa shape index (κ2) is 11.2. The average molecular weight is 512 g/mol. The lowest BCUT2D eigenvalue weighted by Gasteiger charge is -2.18. The van der Waals surface area contributed by atoms with E-state index < -0.39 is 5.97 Å². The van der Waals surface area contributed by atoms with Gasteiger partial charge in [-0.2, -0.15) is 0 Å². The summed E-state index contributed by atoms with van der Waals surface area (Å²) in [6.07, 6.45) is 2.67. The van der Waals surface area contributed by atoms with E-state index >= 15 is 0 Å². The Morgan fingerprint density at radius 2 is 2.06 bits per heavy atom. The first-order valence-electron chi connectivity index (χ1n) is 11.7. The maximum absolute atomic E-state index is 13.1. The van der Waals surface area contributed by atoms with Crippen LogP contribution in [-0.2, 0) is 34.7 Å². The van der Waals surface area contributed by atoms with Gasteiger partial charge in [-0.15, -0.1) is 11.3 Å². The standard InChI is InChI=1S/C26H29N3O4S2/c1-4-33-25(32)23-19-11-10-16(2)12-20(19)35-24(23)28-21(30)14-29-22(31)13-17(3)27-26(29)34-15-18-8-6-5-7-9-18/h5-9,13,16H,4,10-12,14-15H2,1-3H3,(H,28,30). The van der Waals surface area contributed by atoms with Crippen molar-refractivity contribution in [2.75, 3.05) is 11.9 Å². The van der Waals surface area contributed by atoms with E-state index in [4.69, 9.17) is 4.74 Å². The predicted octanol–water partition coefficient (Wildman–Crippen LogP) is 4.85. The largest absolute Gasteiger partial charge is 0.462 e. The molecule has 0 radical (unpaired) electrons. The summed E-state index contributed by atoms with van der Waals surface area (Å²) in [5, 5.41) is 3.88.